The number of anilines is 1. The summed E-state index contributed by atoms with van der Waals surface area (Å²) in [5, 5.41) is 10.2. The Kier molecular flexibility index (Phi) is 4.23. The van der Waals surface area contributed by atoms with E-state index in [4.69, 9.17) is 15.2 Å². The molecule has 1 fully saturated rings. The lowest BCUT2D eigenvalue weighted by atomic mass is 10.1. The van der Waals surface area contributed by atoms with Crippen molar-refractivity contribution in [2.45, 2.75) is 19.3 Å². The van der Waals surface area contributed by atoms with Crippen molar-refractivity contribution in [3.05, 3.63) is 35.0 Å². The molecule has 0 saturated carbocycles. The normalized spacial score (nSPS) is 17.2. The van der Waals surface area contributed by atoms with Crippen LogP contribution in [-0.2, 0) is 12.8 Å². The zero-order valence-electron chi connectivity index (χ0n) is 15.1. The van der Waals surface area contributed by atoms with Crippen LogP contribution in [-0.4, -0.2) is 52.6 Å². The summed E-state index contributed by atoms with van der Waals surface area (Å²) >= 11 is 1.83. The number of nitriles is 1. The molecule has 0 atom stereocenters. The van der Waals surface area contributed by atoms with E-state index in [1.807, 2.05) is 29.7 Å². The first kappa shape index (κ1) is 16.6. The summed E-state index contributed by atoms with van der Waals surface area (Å²) in [5.74, 6) is 1.82. The molecule has 0 bridgehead atoms. The molecule has 27 heavy (non-hydrogen) atoms. The van der Waals surface area contributed by atoms with Crippen molar-refractivity contribution in [2.24, 2.45) is 0 Å². The Morgan fingerprint density at radius 3 is 2.81 bits per heavy atom. The van der Waals surface area contributed by atoms with Gasteiger partial charge in [-0.25, -0.2) is 9.97 Å². The molecule has 4 heterocycles. The van der Waals surface area contributed by atoms with Crippen molar-refractivity contribution in [2.75, 3.05) is 37.6 Å². The fourth-order valence-electron chi connectivity index (χ4n) is 4.05. The molecule has 136 valence electrons. The van der Waals surface area contributed by atoms with E-state index in [0.29, 0.717) is 6.54 Å². The van der Waals surface area contributed by atoms with Gasteiger partial charge in [0, 0.05) is 49.0 Å². The Labute approximate surface area is 162 Å². The van der Waals surface area contributed by atoms with E-state index in [1.54, 1.807) is 6.20 Å². The second-order valence-corrected chi connectivity index (χ2v) is 8.15. The summed E-state index contributed by atoms with van der Waals surface area (Å²) in [6.07, 6.45) is 7.13. The Bertz CT molecular complexity index is 1010. The number of thiophene rings is 1. The van der Waals surface area contributed by atoms with Crippen LogP contribution < -0.4 is 4.90 Å². The average molecular weight is 376 g/mol. The minimum atomic E-state index is 0.502. The van der Waals surface area contributed by atoms with Crippen molar-refractivity contribution in [1.29, 1.82) is 5.26 Å². The van der Waals surface area contributed by atoms with Gasteiger partial charge >= 0.3 is 0 Å². The third-order valence-electron chi connectivity index (χ3n) is 5.43. The topological polar surface area (TPSA) is 68.9 Å². The number of hydrogen-bond acceptors (Lipinski definition) is 7. The van der Waals surface area contributed by atoms with Crippen molar-refractivity contribution in [3.63, 3.8) is 0 Å². The van der Waals surface area contributed by atoms with Crippen molar-refractivity contribution >= 4 is 27.4 Å². The van der Waals surface area contributed by atoms with Crippen LogP contribution >= 0.6 is 11.3 Å². The lowest BCUT2D eigenvalue weighted by Gasteiger charge is -2.34. The van der Waals surface area contributed by atoms with Gasteiger partial charge in [-0.2, -0.15) is 5.26 Å². The molecule has 0 aromatic carbocycles. The third-order valence-corrected chi connectivity index (χ3v) is 6.62. The SMILES string of the molecule is N#CCN1CCN(c2nc(-c3cccnc3)nc3sc4c(c23)CCC4)CC1. The molecule has 6 nitrogen and oxygen atoms in total. The molecule has 1 aliphatic carbocycles. The minimum Gasteiger partial charge on any atom is -0.353 e. The van der Waals surface area contributed by atoms with Gasteiger partial charge in [0.2, 0.25) is 0 Å². The zero-order valence-corrected chi connectivity index (χ0v) is 15.9. The minimum absolute atomic E-state index is 0.502. The average Bonchev–Trinajstić information content (AvgIpc) is 3.30. The predicted octanol–water partition coefficient (Wildman–Crippen LogP) is 2.89. The first-order valence-electron chi connectivity index (χ1n) is 9.40. The van der Waals surface area contributed by atoms with Gasteiger partial charge in [-0.15, -0.1) is 11.3 Å². The van der Waals surface area contributed by atoms with Gasteiger partial charge in [0.1, 0.15) is 10.6 Å². The lowest BCUT2D eigenvalue weighted by molar-refractivity contribution is 0.286. The summed E-state index contributed by atoms with van der Waals surface area (Å²) in [4.78, 5) is 21.3. The quantitative estimate of drug-likeness (QED) is 0.655. The van der Waals surface area contributed by atoms with Gasteiger partial charge in [-0.05, 0) is 37.0 Å². The lowest BCUT2D eigenvalue weighted by Crippen LogP contribution is -2.46. The number of aromatic nitrogens is 3. The predicted molar refractivity (Wildman–Crippen MR) is 107 cm³/mol. The van der Waals surface area contributed by atoms with Crippen LogP contribution in [0.15, 0.2) is 24.5 Å². The van der Waals surface area contributed by atoms with Gasteiger partial charge in [0.05, 0.1) is 18.0 Å². The summed E-state index contributed by atoms with van der Waals surface area (Å²) in [5.41, 5.74) is 2.42. The largest absolute Gasteiger partial charge is 0.353 e. The van der Waals surface area contributed by atoms with Crippen LogP contribution in [0.5, 0.6) is 0 Å². The molecule has 0 amide bonds. The number of rotatable bonds is 3. The Morgan fingerprint density at radius 1 is 1.15 bits per heavy atom. The van der Waals surface area contributed by atoms with Gasteiger partial charge in [0.15, 0.2) is 5.82 Å². The molecule has 1 aliphatic heterocycles. The maximum atomic E-state index is 8.95. The molecule has 3 aromatic heterocycles. The van der Waals surface area contributed by atoms with Gasteiger partial charge in [-0.1, -0.05) is 0 Å². The number of pyridine rings is 1. The molecule has 0 spiro atoms. The standard InChI is InChI=1S/C20H20N6S/c21-6-8-25-9-11-26(12-10-25)19-17-15-4-1-5-16(15)27-20(17)24-18(23-19)14-3-2-7-22-13-14/h2-3,7,13H,1,4-5,8-12H2. The van der Waals surface area contributed by atoms with Gasteiger partial charge in [0.25, 0.3) is 0 Å². The van der Waals surface area contributed by atoms with Crippen molar-refractivity contribution in [1.82, 2.24) is 19.9 Å². The maximum absolute atomic E-state index is 8.95. The van der Waals surface area contributed by atoms with Crippen LogP contribution in [0.4, 0.5) is 5.82 Å². The van der Waals surface area contributed by atoms with Crippen LogP contribution in [0.3, 0.4) is 0 Å². The molecule has 0 N–H and O–H groups in total. The van der Waals surface area contributed by atoms with E-state index in [2.05, 4.69) is 20.9 Å². The first-order chi connectivity index (χ1) is 13.3. The van der Waals surface area contributed by atoms with E-state index in [-0.39, 0.29) is 0 Å². The van der Waals surface area contributed by atoms with Gasteiger partial charge in [-0.3, -0.25) is 9.88 Å². The van der Waals surface area contributed by atoms with E-state index in [0.717, 1.165) is 61.1 Å². The van der Waals surface area contributed by atoms with Crippen LogP contribution in [0.25, 0.3) is 21.6 Å². The highest BCUT2D eigenvalue weighted by Crippen LogP contribution is 2.41. The third kappa shape index (κ3) is 2.95. The van der Waals surface area contributed by atoms with E-state index in [9.17, 15) is 0 Å². The van der Waals surface area contributed by atoms with E-state index < -0.39 is 0 Å². The number of hydrogen-bond donors (Lipinski definition) is 0. The second kappa shape index (κ2) is 6.87. The van der Waals surface area contributed by atoms with Gasteiger partial charge < -0.3 is 4.90 Å². The monoisotopic (exact) mass is 376 g/mol. The molecular weight excluding hydrogens is 356 g/mol. The fraction of sp³-hybridized carbons (Fsp3) is 0.400. The Balaban J connectivity index is 1.60. The number of aryl methyl sites for hydroxylation is 2. The first-order valence-corrected chi connectivity index (χ1v) is 10.2. The maximum Gasteiger partial charge on any atom is 0.164 e. The smallest absolute Gasteiger partial charge is 0.164 e. The number of fused-ring (bicyclic) bond motifs is 3. The number of piperazine rings is 1. The Hall–Kier alpha value is -2.56. The molecule has 2 aliphatic rings. The molecular formula is C20H20N6S. The summed E-state index contributed by atoms with van der Waals surface area (Å²) in [6, 6.07) is 6.20. The molecule has 0 radical (unpaired) electrons. The van der Waals surface area contributed by atoms with Crippen molar-refractivity contribution in [3.8, 4) is 17.5 Å². The molecule has 5 rings (SSSR count). The summed E-state index contributed by atoms with van der Waals surface area (Å²) in [6.45, 7) is 4.08. The fourth-order valence-corrected chi connectivity index (χ4v) is 5.30. The highest BCUT2D eigenvalue weighted by Gasteiger charge is 2.27. The van der Waals surface area contributed by atoms with E-state index >= 15 is 0 Å². The van der Waals surface area contributed by atoms with Crippen LogP contribution in [0.1, 0.15) is 16.9 Å². The summed E-state index contributed by atoms with van der Waals surface area (Å²) < 4.78 is 0. The zero-order chi connectivity index (χ0) is 18.2. The van der Waals surface area contributed by atoms with Crippen LogP contribution in [0.2, 0.25) is 0 Å². The second-order valence-electron chi connectivity index (χ2n) is 7.07. The molecule has 7 heteroatoms. The molecule has 1 saturated heterocycles. The molecule has 0 unspecified atom stereocenters. The molecule has 3 aromatic rings. The summed E-state index contributed by atoms with van der Waals surface area (Å²) in [7, 11) is 0. The van der Waals surface area contributed by atoms with Crippen molar-refractivity contribution < 1.29 is 0 Å². The Morgan fingerprint density at radius 2 is 2.04 bits per heavy atom. The highest BCUT2D eigenvalue weighted by atomic mass is 32.1. The number of nitrogens with zero attached hydrogens (tertiary/aromatic N) is 6. The van der Waals surface area contributed by atoms with E-state index in [1.165, 1.54) is 22.2 Å². The van der Waals surface area contributed by atoms with Crippen LogP contribution in [0, 0.1) is 11.3 Å². The highest BCUT2D eigenvalue weighted by molar-refractivity contribution is 7.19.